The van der Waals surface area contributed by atoms with Gasteiger partial charge in [0.1, 0.15) is 6.54 Å². The smallest absolute Gasteiger partial charge is 0.212 e. The topological polar surface area (TPSA) is 3.88 Å². The van der Waals surface area contributed by atoms with Gasteiger partial charge < -0.3 is 24.0 Å². The number of hydrogen-bond donors (Lipinski definition) is 0. The van der Waals surface area contributed by atoms with Crippen LogP contribution in [0.15, 0.2) is 36.5 Å². The predicted molar refractivity (Wildman–Crippen MR) is 63.8 cm³/mol. The molecule has 2 rings (SSSR count). The quantitative estimate of drug-likeness (QED) is 0.562. The lowest BCUT2D eigenvalue weighted by molar-refractivity contribution is -0.671. The van der Waals surface area contributed by atoms with Gasteiger partial charge in [-0.2, -0.15) is 4.57 Å². The molecular formula is C14H18IN. The third-order valence-corrected chi connectivity index (χ3v) is 2.90. The Bertz CT molecular complexity index is 465. The SMILES string of the molecule is CCCC[n+]1ccc(C)c2ccccc21.[I-]. The van der Waals surface area contributed by atoms with Crippen LogP contribution in [0.4, 0.5) is 0 Å². The number of fused-ring (bicyclic) bond motifs is 1. The first-order valence-corrected chi connectivity index (χ1v) is 5.70. The lowest BCUT2D eigenvalue weighted by Gasteiger charge is -2.02. The number of aryl methyl sites for hydroxylation is 2. The molecule has 0 aliphatic heterocycles. The minimum Gasteiger partial charge on any atom is -1.00 e. The van der Waals surface area contributed by atoms with Crippen LogP contribution >= 0.6 is 0 Å². The van der Waals surface area contributed by atoms with Gasteiger partial charge in [0.05, 0.1) is 0 Å². The number of aromatic nitrogens is 1. The normalized spacial score (nSPS) is 10.1. The average Bonchev–Trinajstić information content (AvgIpc) is 2.29. The molecule has 0 aliphatic rings. The monoisotopic (exact) mass is 327 g/mol. The summed E-state index contributed by atoms with van der Waals surface area (Å²) in [6.45, 7) is 5.53. The van der Waals surface area contributed by atoms with Crippen LogP contribution in [-0.2, 0) is 6.54 Å². The number of rotatable bonds is 3. The zero-order valence-electron chi connectivity index (χ0n) is 9.91. The van der Waals surface area contributed by atoms with E-state index in [0.29, 0.717) is 0 Å². The zero-order valence-corrected chi connectivity index (χ0v) is 12.1. The number of para-hydroxylation sites is 1. The summed E-state index contributed by atoms with van der Waals surface area (Å²) >= 11 is 0. The third-order valence-electron chi connectivity index (χ3n) is 2.90. The Morgan fingerprint density at radius 3 is 2.62 bits per heavy atom. The van der Waals surface area contributed by atoms with E-state index in [1.165, 1.54) is 29.3 Å². The third kappa shape index (κ3) is 2.73. The maximum Gasteiger partial charge on any atom is 0.212 e. The van der Waals surface area contributed by atoms with Crippen molar-refractivity contribution >= 4 is 10.9 Å². The van der Waals surface area contributed by atoms with Gasteiger partial charge in [-0.15, -0.1) is 0 Å². The Labute approximate surface area is 115 Å². The van der Waals surface area contributed by atoms with Crippen molar-refractivity contribution in [3.63, 3.8) is 0 Å². The average molecular weight is 327 g/mol. The largest absolute Gasteiger partial charge is 1.00 e. The van der Waals surface area contributed by atoms with Crippen LogP contribution < -0.4 is 28.5 Å². The van der Waals surface area contributed by atoms with E-state index in [9.17, 15) is 0 Å². The Hall–Kier alpha value is -0.640. The van der Waals surface area contributed by atoms with Gasteiger partial charge in [0.15, 0.2) is 6.20 Å². The van der Waals surface area contributed by atoms with E-state index in [1.54, 1.807) is 0 Å². The molecule has 1 nitrogen and oxygen atoms in total. The minimum absolute atomic E-state index is 0. The van der Waals surface area contributed by atoms with Gasteiger partial charge in [0.2, 0.25) is 5.52 Å². The highest BCUT2D eigenvalue weighted by Gasteiger charge is 2.08. The molecule has 0 atom stereocenters. The van der Waals surface area contributed by atoms with Crippen LogP contribution in [0, 0.1) is 6.92 Å². The molecule has 16 heavy (non-hydrogen) atoms. The molecule has 2 aromatic rings. The second-order valence-electron chi connectivity index (χ2n) is 4.06. The van der Waals surface area contributed by atoms with Crippen LogP contribution in [-0.4, -0.2) is 0 Å². The van der Waals surface area contributed by atoms with Crippen molar-refractivity contribution in [3.05, 3.63) is 42.1 Å². The standard InChI is InChI=1S/C14H18N.HI/c1-3-4-10-15-11-9-12(2)13-7-5-6-8-14(13)15;/h5-9,11H,3-4,10H2,1-2H3;1H/q+1;/p-1. The first-order valence-electron chi connectivity index (χ1n) is 5.70. The first kappa shape index (κ1) is 13.4. The predicted octanol–water partition coefficient (Wildman–Crippen LogP) is 0.240. The number of pyridine rings is 1. The molecule has 2 heteroatoms. The van der Waals surface area contributed by atoms with Crippen molar-refractivity contribution < 1.29 is 28.5 Å². The van der Waals surface area contributed by atoms with E-state index < -0.39 is 0 Å². The molecule has 0 saturated heterocycles. The lowest BCUT2D eigenvalue weighted by atomic mass is 10.1. The van der Waals surface area contributed by atoms with Crippen molar-refractivity contribution in [2.24, 2.45) is 0 Å². The summed E-state index contributed by atoms with van der Waals surface area (Å²) in [5.74, 6) is 0. The molecule has 86 valence electrons. The van der Waals surface area contributed by atoms with Crippen LogP contribution in [0.25, 0.3) is 10.9 Å². The molecular weight excluding hydrogens is 309 g/mol. The molecule has 0 radical (unpaired) electrons. The maximum absolute atomic E-state index is 2.35. The Morgan fingerprint density at radius 1 is 1.12 bits per heavy atom. The molecule has 1 aromatic carbocycles. The number of nitrogens with zero attached hydrogens (tertiary/aromatic N) is 1. The Balaban J connectivity index is 0.00000128. The molecule has 0 amide bonds. The number of benzene rings is 1. The van der Waals surface area contributed by atoms with Crippen LogP contribution in [0.5, 0.6) is 0 Å². The van der Waals surface area contributed by atoms with E-state index in [4.69, 9.17) is 0 Å². The van der Waals surface area contributed by atoms with Gasteiger partial charge >= 0.3 is 0 Å². The summed E-state index contributed by atoms with van der Waals surface area (Å²) in [5.41, 5.74) is 2.71. The molecule has 0 saturated carbocycles. The van der Waals surface area contributed by atoms with E-state index in [-0.39, 0.29) is 24.0 Å². The van der Waals surface area contributed by atoms with Gasteiger partial charge in [0.25, 0.3) is 0 Å². The van der Waals surface area contributed by atoms with Crippen molar-refractivity contribution in [1.29, 1.82) is 0 Å². The van der Waals surface area contributed by atoms with Gasteiger partial charge in [-0.1, -0.05) is 25.5 Å². The summed E-state index contributed by atoms with van der Waals surface area (Å²) in [5, 5.41) is 1.37. The number of halogens is 1. The van der Waals surface area contributed by atoms with E-state index in [1.807, 2.05) is 0 Å². The summed E-state index contributed by atoms with van der Waals surface area (Å²) < 4.78 is 2.35. The van der Waals surface area contributed by atoms with Crippen molar-refractivity contribution in [2.45, 2.75) is 33.2 Å². The van der Waals surface area contributed by atoms with Crippen molar-refractivity contribution in [2.75, 3.05) is 0 Å². The van der Waals surface area contributed by atoms with Crippen molar-refractivity contribution in [1.82, 2.24) is 0 Å². The maximum atomic E-state index is 2.35. The fraction of sp³-hybridized carbons (Fsp3) is 0.357. The molecule has 0 fully saturated rings. The molecule has 0 bridgehead atoms. The van der Waals surface area contributed by atoms with Gasteiger partial charge in [-0.05, 0) is 18.6 Å². The molecule has 0 unspecified atom stereocenters. The lowest BCUT2D eigenvalue weighted by Crippen LogP contribution is -3.00. The van der Waals surface area contributed by atoms with E-state index >= 15 is 0 Å². The number of unbranched alkanes of at least 4 members (excludes halogenated alkanes) is 1. The zero-order chi connectivity index (χ0) is 10.7. The Kier molecular flexibility index (Phi) is 5.19. The molecule has 1 heterocycles. The fourth-order valence-electron chi connectivity index (χ4n) is 1.95. The molecule has 1 aromatic heterocycles. The van der Waals surface area contributed by atoms with Crippen molar-refractivity contribution in [3.8, 4) is 0 Å². The minimum atomic E-state index is 0. The van der Waals surface area contributed by atoms with Crippen LogP contribution in [0.2, 0.25) is 0 Å². The van der Waals surface area contributed by atoms with E-state index in [0.717, 1.165) is 6.54 Å². The highest BCUT2D eigenvalue weighted by atomic mass is 127. The van der Waals surface area contributed by atoms with Gasteiger partial charge in [-0.25, -0.2) is 0 Å². The fourth-order valence-corrected chi connectivity index (χ4v) is 1.95. The van der Waals surface area contributed by atoms with E-state index in [2.05, 4.69) is 54.9 Å². The van der Waals surface area contributed by atoms with Crippen LogP contribution in [0.3, 0.4) is 0 Å². The highest BCUT2D eigenvalue weighted by molar-refractivity contribution is 5.78. The Morgan fingerprint density at radius 2 is 1.88 bits per heavy atom. The van der Waals surface area contributed by atoms with Gasteiger partial charge in [-0.3, -0.25) is 0 Å². The second-order valence-corrected chi connectivity index (χ2v) is 4.06. The molecule has 0 aliphatic carbocycles. The second kappa shape index (κ2) is 6.18. The summed E-state index contributed by atoms with van der Waals surface area (Å²) in [6, 6.07) is 10.8. The molecule has 0 spiro atoms. The first-order chi connectivity index (χ1) is 7.33. The van der Waals surface area contributed by atoms with Crippen LogP contribution in [0.1, 0.15) is 25.3 Å². The number of hydrogen-bond acceptors (Lipinski definition) is 0. The van der Waals surface area contributed by atoms with Gasteiger partial charge in [0, 0.05) is 23.9 Å². The highest BCUT2D eigenvalue weighted by Crippen LogP contribution is 2.13. The summed E-state index contributed by atoms with van der Waals surface area (Å²) in [7, 11) is 0. The summed E-state index contributed by atoms with van der Waals surface area (Å²) in [6.07, 6.45) is 4.69. The molecule has 0 N–H and O–H groups in total. The summed E-state index contributed by atoms with van der Waals surface area (Å²) in [4.78, 5) is 0.